The number of hydrogen-bond donors (Lipinski definition) is 1. The molecule has 4 heterocycles. The van der Waals surface area contributed by atoms with Crippen LogP contribution in [0.3, 0.4) is 0 Å². The molecule has 2 aliphatic rings. The highest BCUT2D eigenvalue weighted by molar-refractivity contribution is 5.82. The Morgan fingerprint density at radius 1 is 1.08 bits per heavy atom. The number of anilines is 1. The van der Waals surface area contributed by atoms with Gasteiger partial charge in [-0.15, -0.1) is 0 Å². The second-order valence-corrected chi connectivity index (χ2v) is 6.79. The lowest BCUT2D eigenvalue weighted by Crippen LogP contribution is -2.56. The molecule has 2 aliphatic heterocycles. The van der Waals surface area contributed by atoms with Gasteiger partial charge in [0.25, 0.3) is 0 Å². The predicted molar refractivity (Wildman–Crippen MR) is 93.4 cm³/mol. The van der Waals surface area contributed by atoms with Crippen LogP contribution in [0.1, 0.15) is 12.8 Å². The second kappa shape index (κ2) is 6.74. The van der Waals surface area contributed by atoms with Crippen LogP contribution in [-0.4, -0.2) is 62.6 Å². The quantitative estimate of drug-likeness (QED) is 0.815. The van der Waals surface area contributed by atoms with Crippen LogP contribution in [0.15, 0.2) is 30.9 Å². The molecule has 0 unspecified atom stereocenters. The summed E-state index contributed by atoms with van der Waals surface area (Å²) in [6, 6.07) is 3.70. The second-order valence-electron chi connectivity index (χ2n) is 6.79. The van der Waals surface area contributed by atoms with Gasteiger partial charge in [0.2, 0.25) is 11.8 Å². The lowest BCUT2D eigenvalue weighted by Gasteiger charge is -2.42. The van der Waals surface area contributed by atoms with Gasteiger partial charge in [0.05, 0.1) is 5.92 Å². The van der Waals surface area contributed by atoms with Gasteiger partial charge in [0, 0.05) is 50.6 Å². The van der Waals surface area contributed by atoms with E-state index in [9.17, 15) is 9.59 Å². The van der Waals surface area contributed by atoms with E-state index in [0.717, 1.165) is 5.82 Å². The lowest BCUT2D eigenvalue weighted by molar-refractivity contribution is -0.139. The van der Waals surface area contributed by atoms with Crippen molar-refractivity contribution in [3.05, 3.63) is 30.9 Å². The number of hydrogen-bond acceptors (Lipinski definition) is 6. The minimum atomic E-state index is -0.260. The van der Waals surface area contributed by atoms with Gasteiger partial charge in [-0.05, 0) is 18.9 Å². The summed E-state index contributed by atoms with van der Waals surface area (Å²) in [4.78, 5) is 36.3. The van der Waals surface area contributed by atoms with E-state index in [1.54, 1.807) is 10.9 Å². The molecule has 2 fully saturated rings. The zero-order valence-corrected chi connectivity index (χ0v) is 14.4. The van der Waals surface area contributed by atoms with Crippen molar-refractivity contribution in [2.24, 2.45) is 17.6 Å². The number of carbonyl (C=O) groups is 2. The number of nitrogens with zero attached hydrogens (tertiary/aromatic N) is 6. The number of aromatic nitrogens is 4. The number of primary amides is 1. The third-order valence-electron chi connectivity index (χ3n) is 5.14. The summed E-state index contributed by atoms with van der Waals surface area (Å²) in [7, 11) is 0. The van der Waals surface area contributed by atoms with Gasteiger partial charge < -0.3 is 15.5 Å². The molecule has 0 aliphatic carbocycles. The Labute approximate surface area is 150 Å². The molecule has 0 saturated carbocycles. The first-order chi connectivity index (χ1) is 12.6. The van der Waals surface area contributed by atoms with Crippen LogP contribution >= 0.6 is 0 Å². The Bertz CT molecular complexity index is 793. The molecule has 4 rings (SSSR count). The van der Waals surface area contributed by atoms with Gasteiger partial charge in [0.1, 0.15) is 12.1 Å². The Morgan fingerprint density at radius 2 is 1.81 bits per heavy atom. The van der Waals surface area contributed by atoms with Crippen molar-refractivity contribution in [3.63, 3.8) is 0 Å². The maximum atomic E-state index is 12.6. The van der Waals surface area contributed by atoms with Crippen molar-refractivity contribution in [1.29, 1.82) is 0 Å². The number of amides is 2. The Balaban J connectivity index is 1.34. The first kappa shape index (κ1) is 16.5. The van der Waals surface area contributed by atoms with Crippen molar-refractivity contribution in [1.82, 2.24) is 24.6 Å². The molecule has 0 radical (unpaired) electrons. The summed E-state index contributed by atoms with van der Waals surface area (Å²) in [6.45, 7) is 2.51. The molecule has 9 nitrogen and oxygen atoms in total. The summed E-state index contributed by atoms with van der Waals surface area (Å²) >= 11 is 0. The first-order valence-corrected chi connectivity index (χ1v) is 8.77. The molecule has 2 saturated heterocycles. The largest absolute Gasteiger partial charge is 0.369 e. The highest BCUT2D eigenvalue weighted by Crippen LogP contribution is 2.26. The van der Waals surface area contributed by atoms with Crippen LogP contribution in [0.2, 0.25) is 0 Å². The van der Waals surface area contributed by atoms with Crippen molar-refractivity contribution < 1.29 is 9.59 Å². The summed E-state index contributed by atoms with van der Waals surface area (Å²) in [6.07, 6.45) is 6.36. The van der Waals surface area contributed by atoms with Crippen LogP contribution in [0.4, 0.5) is 5.82 Å². The Hall–Kier alpha value is -2.97. The summed E-state index contributed by atoms with van der Waals surface area (Å²) in [5.74, 6) is 1.27. The molecule has 0 bridgehead atoms. The van der Waals surface area contributed by atoms with Crippen molar-refractivity contribution in [2.45, 2.75) is 12.8 Å². The average molecular weight is 355 g/mol. The molecule has 2 aromatic heterocycles. The highest BCUT2D eigenvalue weighted by atomic mass is 16.2. The minimum Gasteiger partial charge on any atom is -0.369 e. The maximum Gasteiger partial charge on any atom is 0.229 e. The van der Waals surface area contributed by atoms with E-state index in [1.165, 1.54) is 6.33 Å². The molecule has 0 aromatic carbocycles. The van der Waals surface area contributed by atoms with E-state index in [-0.39, 0.29) is 23.7 Å². The fraction of sp³-hybridized carbons (Fsp3) is 0.471. The van der Waals surface area contributed by atoms with Crippen molar-refractivity contribution in [3.8, 4) is 5.82 Å². The number of piperidine rings is 1. The number of rotatable bonds is 4. The van der Waals surface area contributed by atoms with Crippen molar-refractivity contribution in [2.75, 3.05) is 31.1 Å². The van der Waals surface area contributed by atoms with Crippen molar-refractivity contribution >= 4 is 17.6 Å². The van der Waals surface area contributed by atoms with Gasteiger partial charge in [-0.2, -0.15) is 5.10 Å². The summed E-state index contributed by atoms with van der Waals surface area (Å²) in [5.41, 5.74) is 5.35. The molecule has 26 heavy (non-hydrogen) atoms. The van der Waals surface area contributed by atoms with E-state index >= 15 is 0 Å². The van der Waals surface area contributed by atoms with Crippen LogP contribution in [-0.2, 0) is 9.59 Å². The van der Waals surface area contributed by atoms with Gasteiger partial charge in [-0.3, -0.25) is 9.59 Å². The smallest absolute Gasteiger partial charge is 0.229 e. The average Bonchev–Trinajstić information content (AvgIpc) is 3.15. The van der Waals surface area contributed by atoms with Gasteiger partial charge >= 0.3 is 0 Å². The molecule has 2 amide bonds. The summed E-state index contributed by atoms with van der Waals surface area (Å²) in [5, 5.41) is 4.17. The molecular formula is C17H21N7O2. The van der Waals surface area contributed by atoms with Crippen LogP contribution in [0, 0.1) is 11.8 Å². The fourth-order valence-corrected chi connectivity index (χ4v) is 3.50. The number of nitrogens with two attached hydrogens (primary N) is 1. The van der Waals surface area contributed by atoms with E-state index in [2.05, 4.69) is 20.0 Å². The van der Waals surface area contributed by atoms with E-state index < -0.39 is 0 Å². The van der Waals surface area contributed by atoms with E-state index in [1.807, 2.05) is 23.2 Å². The van der Waals surface area contributed by atoms with Crippen LogP contribution in [0.25, 0.3) is 5.82 Å². The minimum absolute atomic E-state index is 0.0248. The van der Waals surface area contributed by atoms with E-state index in [0.29, 0.717) is 44.8 Å². The van der Waals surface area contributed by atoms with Gasteiger partial charge in [-0.1, -0.05) is 0 Å². The molecular weight excluding hydrogens is 334 g/mol. The predicted octanol–water partition coefficient (Wildman–Crippen LogP) is -0.178. The van der Waals surface area contributed by atoms with E-state index in [4.69, 9.17) is 5.73 Å². The third kappa shape index (κ3) is 3.12. The number of carbonyl (C=O) groups excluding carboxylic acids is 2. The molecule has 9 heteroatoms. The zero-order valence-electron chi connectivity index (χ0n) is 14.4. The van der Waals surface area contributed by atoms with Gasteiger partial charge in [0.15, 0.2) is 5.82 Å². The molecule has 2 N–H and O–H groups in total. The Morgan fingerprint density at radius 3 is 2.46 bits per heavy atom. The highest BCUT2D eigenvalue weighted by Gasteiger charge is 2.37. The van der Waals surface area contributed by atoms with Gasteiger partial charge in [-0.25, -0.2) is 14.6 Å². The maximum absolute atomic E-state index is 12.6. The molecule has 0 atom stereocenters. The normalized spacial score (nSPS) is 18.6. The standard InChI is InChI=1S/C17H21N7O2/c18-16(25)12-2-6-22(7-3-12)17(26)13-9-23(10-13)14-8-15(20-11-19-14)24-5-1-4-21-24/h1,4-5,8,11-13H,2-3,6-7,9-10H2,(H2,18,25). The lowest BCUT2D eigenvalue weighted by atomic mass is 9.93. The third-order valence-corrected chi connectivity index (χ3v) is 5.14. The SMILES string of the molecule is NC(=O)C1CCN(C(=O)C2CN(c3cc(-n4cccn4)ncn3)C2)CC1. The monoisotopic (exact) mass is 355 g/mol. The Kier molecular flexibility index (Phi) is 4.27. The molecule has 136 valence electrons. The first-order valence-electron chi connectivity index (χ1n) is 8.77. The van der Waals surface area contributed by atoms with Crippen LogP contribution in [0.5, 0.6) is 0 Å². The molecule has 2 aromatic rings. The van der Waals surface area contributed by atoms with Crippen LogP contribution < -0.4 is 10.6 Å². The topological polar surface area (TPSA) is 110 Å². The molecule has 0 spiro atoms. The fourth-order valence-electron chi connectivity index (χ4n) is 3.50. The summed E-state index contributed by atoms with van der Waals surface area (Å²) < 4.78 is 1.68. The number of likely N-dealkylation sites (tertiary alicyclic amines) is 1. The zero-order chi connectivity index (χ0) is 18.1.